The molecular formula is C18H35IN4O2. The lowest BCUT2D eigenvalue weighted by atomic mass is 10.0. The number of nitrogens with two attached hydrogens (primary N) is 1. The molecule has 1 saturated heterocycles. The average Bonchev–Trinajstić information content (AvgIpc) is 3.09. The van der Waals surface area contributed by atoms with Gasteiger partial charge in [0.2, 0.25) is 0 Å². The molecule has 2 rings (SSSR count). The van der Waals surface area contributed by atoms with Crippen LogP contribution in [0.2, 0.25) is 0 Å². The van der Waals surface area contributed by atoms with Crippen molar-refractivity contribution in [1.29, 1.82) is 0 Å². The monoisotopic (exact) mass is 466 g/mol. The molecule has 6 nitrogen and oxygen atoms in total. The third-order valence-corrected chi connectivity index (χ3v) is 5.15. The number of aliphatic imine (C=N–C) groups is 1. The smallest absolute Gasteiger partial charge is 0.409 e. The molecule has 0 atom stereocenters. The normalized spacial score (nSPS) is 19.6. The summed E-state index contributed by atoms with van der Waals surface area (Å²) in [5.74, 6) is 1.51. The molecule has 7 heteroatoms. The maximum Gasteiger partial charge on any atom is 0.409 e. The van der Waals surface area contributed by atoms with Crippen molar-refractivity contribution in [2.24, 2.45) is 16.6 Å². The van der Waals surface area contributed by atoms with Crippen LogP contribution >= 0.6 is 24.0 Å². The van der Waals surface area contributed by atoms with E-state index in [2.05, 4.69) is 10.3 Å². The Hall–Kier alpha value is -0.730. The van der Waals surface area contributed by atoms with Crippen molar-refractivity contribution < 1.29 is 9.53 Å². The number of guanidine groups is 1. The number of likely N-dealkylation sites (tertiary alicyclic amines) is 1. The van der Waals surface area contributed by atoms with E-state index in [-0.39, 0.29) is 30.1 Å². The summed E-state index contributed by atoms with van der Waals surface area (Å²) in [6, 6.07) is 0.304. The maximum absolute atomic E-state index is 11.7. The van der Waals surface area contributed by atoms with Gasteiger partial charge in [0.05, 0.1) is 6.61 Å². The molecule has 1 aliphatic carbocycles. The van der Waals surface area contributed by atoms with Gasteiger partial charge in [-0.15, -0.1) is 24.0 Å². The third-order valence-electron chi connectivity index (χ3n) is 5.15. The Bertz CT molecular complexity index is 406. The van der Waals surface area contributed by atoms with Gasteiger partial charge in [0.15, 0.2) is 5.96 Å². The van der Waals surface area contributed by atoms with E-state index in [1.807, 2.05) is 6.92 Å². The van der Waals surface area contributed by atoms with Gasteiger partial charge in [-0.05, 0) is 32.1 Å². The Labute approximate surface area is 169 Å². The zero-order chi connectivity index (χ0) is 17.2. The molecule has 25 heavy (non-hydrogen) atoms. The molecule has 2 fully saturated rings. The van der Waals surface area contributed by atoms with Crippen LogP contribution in [0.4, 0.5) is 4.79 Å². The van der Waals surface area contributed by atoms with Crippen molar-refractivity contribution in [2.45, 2.75) is 70.8 Å². The van der Waals surface area contributed by atoms with E-state index in [0.717, 1.165) is 31.7 Å². The van der Waals surface area contributed by atoms with Crippen LogP contribution in [0, 0.1) is 5.92 Å². The number of hydrogen-bond acceptors (Lipinski definition) is 3. The second-order valence-corrected chi connectivity index (χ2v) is 7.02. The highest BCUT2D eigenvalue weighted by molar-refractivity contribution is 14.0. The van der Waals surface area contributed by atoms with Crippen LogP contribution in [0.25, 0.3) is 0 Å². The van der Waals surface area contributed by atoms with Crippen LogP contribution in [0.5, 0.6) is 0 Å². The Morgan fingerprint density at radius 1 is 1.20 bits per heavy atom. The topological polar surface area (TPSA) is 80.0 Å². The minimum Gasteiger partial charge on any atom is -0.450 e. The second kappa shape index (κ2) is 12.6. The number of unbranched alkanes of at least 4 members (excludes halogenated alkanes) is 1. The quantitative estimate of drug-likeness (QED) is 0.261. The van der Waals surface area contributed by atoms with E-state index in [9.17, 15) is 4.79 Å². The zero-order valence-electron chi connectivity index (χ0n) is 15.5. The second-order valence-electron chi connectivity index (χ2n) is 7.02. The predicted octanol–water partition coefficient (Wildman–Crippen LogP) is 3.49. The molecule has 2 aliphatic rings. The minimum atomic E-state index is -0.208. The maximum atomic E-state index is 11.7. The summed E-state index contributed by atoms with van der Waals surface area (Å²) in [6.07, 6.45) is 11.0. The lowest BCUT2D eigenvalue weighted by Crippen LogP contribution is -2.48. The van der Waals surface area contributed by atoms with E-state index in [1.54, 1.807) is 4.90 Å². The van der Waals surface area contributed by atoms with Crippen LogP contribution < -0.4 is 11.1 Å². The van der Waals surface area contributed by atoms with Gasteiger partial charge in [-0.25, -0.2) is 4.79 Å². The summed E-state index contributed by atoms with van der Waals surface area (Å²) >= 11 is 0. The number of nitrogens with one attached hydrogen (secondary N) is 1. The molecule has 0 aromatic rings. The van der Waals surface area contributed by atoms with Gasteiger partial charge in [0.25, 0.3) is 0 Å². The van der Waals surface area contributed by atoms with Crippen molar-refractivity contribution in [2.75, 3.05) is 26.2 Å². The SMILES string of the molecule is CCOC(=O)N1CCC(NC(N)=NCCCCC2CCCC2)CC1.I. The van der Waals surface area contributed by atoms with Crippen LogP contribution in [0.1, 0.15) is 64.7 Å². The molecule has 3 N–H and O–H groups in total. The molecule has 1 saturated carbocycles. The summed E-state index contributed by atoms with van der Waals surface area (Å²) in [6.45, 7) is 4.50. The highest BCUT2D eigenvalue weighted by atomic mass is 127. The van der Waals surface area contributed by atoms with E-state index in [1.165, 1.54) is 38.5 Å². The summed E-state index contributed by atoms with van der Waals surface area (Å²) in [5.41, 5.74) is 5.98. The van der Waals surface area contributed by atoms with Crippen LogP contribution in [-0.4, -0.2) is 49.2 Å². The van der Waals surface area contributed by atoms with Gasteiger partial charge in [-0.1, -0.05) is 38.5 Å². The summed E-state index contributed by atoms with van der Waals surface area (Å²) in [4.78, 5) is 17.9. The van der Waals surface area contributed by atoms with Gasteiger partial charge in [-0.3, -0.25) is 4.99 Å². The Morgan fingerprint density at radius 2 is 1.88 bits per heavy atom. The van der Waals surface area contributed by atoms with Crippen molar-refractivity contribution in [3.63, 3.8) is 0 Å². The lowest BCUT2D eigenvalue weighted by molar-refractivity contribution is 0.0963. The van der Waals surface area contributed by atoms with Gasteiger partial charge in [0, 0.05) is 25.7 Å². The van der Waals surface area contributed by atoms with Crippen LogP contribution in [0.15, 0.2) is 4.99 Å². The number of halogens is 1. The first-order valence-corrected chi connectivity index (χ1v) is 9.67. The first-order chi connectivity index (χ1) is 11.7. The molecule has 0 radical (unpaired) electrons. The standard InChI is InChI=1S/C18H34N4O2.HI/c1-2-24-18(23)22-13-10-16(11-14-22)21-17(19)20-12-6-5-9-15-7-3-4-8-15;/h15-16H,2-14H2,1H3,(H3,19,20,21);1H. The number of carbonyl (C=O) groups is 1. The van der Waals surface area contributed by atoms with E-state index >= 15 is 0 Å². The highest BCUT2D eigenvalue weighted by Crippen LogP contribution is 2.28. The number of rotatable bonds is 7. The first-order valence-electron chi connectivity index (χ1n) is 9.67. The van der Waals surface area contributed by atoms with Gasteiger partial charge < -0.3 is 20.7 Å². The molecule has 1 aliphatic heterocycles. The van der Waals surface area contributed by atoms with Crippen LogP contribution in [0.3, 0.4) is 0 Å². The highest BCUT2D eigenvalue weighted by Gasteiger charge is 2.23. The summed E-state index contributed by atoms with van der Waals surface area (Å²) < 4.78 is 5.03. The third kappa shape index (κ3) is 8.46. The Kier molecular flexibility index (Phi) is 11.2. The van der Waals surface area contributed by atoms with Gasteiger partial charge >= 0.3 is 6.09 Å². The molecule has 146 valence electrons. The lowest BCUT2D eigenvalue weighted by Gasteiger charge is -2.31. The number of carbonyl (C=O) groups excluding carboxylic acids is 1. The van der Waals surface area contributed by atoms with E-state index in [4.69, 9.17) is 10.5 Å². The van der Waals surface area contributed by atoms with Gasteiger partial charge in [0.1, 0.15) is 0 Å². The number of ether oxygens (including phenoxy) is 1. The molecule has 0 unspecified atom stereocenters. The van der Waals surface area contributed by atoms with Crippen molar-refractivity contribution >= 4 is 36.0 Å². The zero-order valence-corrected chi connectivity index (χ0v) is 17.9. The number of amides is 1. The molecule has 0 aromatic heterocycles. The largest absolute Gasteiger partial charge is 0.450 e. The van der Waals surface area contributed by atoms with Crippen molar-refractivity contribution in [3.8, 4) is 0 Å². The molecule has 0 bridgehead atoms. The average molecular weight is 466 g/mol. The fourth-order valence-corrected chi connectivity index (χ4v) is 3.72. The van der Waals surface area contributed by atoms with Crippen molar-refractivity contribution in [1.82, 2.24) is 10.2 Å². The van der Waals surface area contributed by atoms with Gasteiger partial charge in [-0.2, -0.15) is 0 Å². The van der Waals surface area contributed by atoms with Crippen molar-refractivity contribution in [3.05, 3.63) is 0 Å². The first kappa shape index (κ1) is 22.3. The Balaban J connectivity index is 0.00000312. The summed E-state index contributed by atoms with van der Waals surface area (Å²) in [7, 11) is 0. The number of nitrogens with zero attached hydrogens (tertiary/aromatic N) is 2. The Morgan fingerprint density at radius 3 is 2.52 bits per heavy atom. The minimum absolute atomic E-state index is 0. The van der Waals surface area contributed by atoms with Crippen LogP contribution in [-0.2, 0) is 4.74 Å². The number of hydrogen-bond donors (Lipinski definition) is 2. The molecular weight excluding hydrogens is 431 g/mol. The molecule has 0 spiro atoms. The predicted molar refractivity (Wildman–Crippen MR) is 112 cm³/mol. The fraction of sp³-hybridized carbons (Fsp3) is 0.889. The van der Waals surface area contributed by atoms with E-state index in [0.29, 0.717) is 31.7 Å². The molecule has 1 heterocycles. The molecule has 0 aromatic carbocycles. The summed E-state index contributed by atoms with van der Waals surface area (Å²) in [5, 5.41) is 3.29. The number of piperidine rings is 1. The van der Waals surface area contributed by atoms with E-state index < -0.39 is 0 Å². The fourth-order valence-electron chi connectivity index (χ4n) is 3.72. The molecule has 1 amide bonds.